The van der Waals surface area contributed by atoms with Crippen LogP contribution in [-0.2, 0) is 30.4 Å². The van der Waals surface area contributed by atoms with Crippen molar-refractivity contribution in [3.63, 3.8) is 0 Å². The molecule has 1 aliphatic rings. The van der Waals surface area contributed by atoms with Gasteiger partial charge in [0.05, 0.1) is 0 Å². The fourth-order valence-electron chi connectivity index (χ4n) is 3.63. The minimum absolute atomic E-state index is 0.0141. The van der Waals surface area contributed by atoms with Crippen LogP contribution in [0.25, 0.3) is 10.9 Å². The van der Waals surface area contributed by atoms with Gasteiger partial charge in [0.15, 0.2) is 0 Å². The van der Waals surface area contributed by atoms with Crippen LogP contribution < -0.4 is 21.7 Å². The number of H-pyrrole nitrogens is 1. The molecule has 32 heavy (non-hydrogen) atoms. The first kappa shape index (κ1) is 22.8. The van der Waals surface area contributed by atoms with E-state index in [1.165, 1.54) is 0 Å². The molecule has 0 bridgehead atoms. The van der Waals surface area contributed by atoms with Gasteiger partial charge in [-0.05, 0) is 24.5 Å². The van der Waals surface area contributed by atoms with Crippen molar-refractivity contribution in [3.05, 3.63) is 36.0 Å². The minimum Gasteiger partial charge on any atom is -0.480 e. The van der Waals surface area contributed by atoms with E-state index in [1.807, 2.05) is 24.3 Å². The first-order valence-corrected chi connectivity index (χ1v) is 10.2. The van der Waals surface area contributed by atoms with Gasteiger partial charge in [-0.25, -0.2) is 4.79 Å². The highest BCUT2D eigenvalue weighted by molar-refractivity contribution is 5.95. The van der Waals surface area contributed by atoms with E-state index in [0.717, 1.165) is 10.9 Å². The second-order valence-electron chi connectivity index (χ2n) is 7.69. The van der Waals surface area contributed by atoms with Crippen molar-refractivity contribution in [1.82, 2.24) is 20.9 Å². The average Bonchev–Trinajstić information content (AvgIpc) is 3.36. The Kier molecular flexibility index (Phi) is 7.08. The van der Waals surface area contributed by atoms with Crippen LogP contribution in [0.3, 0.4) is 0 Å². The van der Waals surface area contributed by atoms with Crippen molar-refractivity contribution in [3.8, 4) is 0 Å². The van der Waals surface area contributed by atoms with Gasteiger partial charge in [0.2, 0.25) is 23.6 Å². The van der Waals surface area contributed by atoms with Crippen LogP contribution in [0.4, 0.5) is 0 Å². The summed E-state index contributed by atoms with van der Waals surface area (Å²) >= 11 is 0. The molecule has 0 spiro atoms. The number of benzene rings is 1. The van der Waals surface area contributed by atoms with E-state index >= 15 is 0 Å². The van der Waals surface area contributed by atoms with E-state index in [2.05, 4.69) is 20.9 Å². The fraction of sp³-hybridized carbons (Fsp3) is 0.381. The van der Waals surface area contributed by atoms with Crippen molar-refractivity contribution in [1.29, 1.82) is 0 Å². The maximum absolute atomic E-state index is 12.8. The van der Waals surface area contributed by atoms with Gasteiger partial charge in [-0.15, -0.1) is 0 Å². The van der Waals surface area contributed by atoms with Crippen LogP contribution in [0.15, 0.2) is 30.5 Å². The summed E-state index contributed by atoms with van der Waals surface area (Å²) in [5.74, 6) is -3.51. The van der Waals surface area contributed by atoms with Gasteiger partial charge < -0.3 is 31.8 Å². The summed E-state index contributed by atoms with van der Waals surface area (Å²) < 4.78 is 0. The van der Waals surface area contributed by atoms with Gasteiger partial charge in [0, 0.05) is 36.4 Å². The molecule has 3 rings (SSSR count). The largest absolute Gasteiger partial charge is 0.480 e. The molecule has 170 valence electrons. The highest BCUT2D eigenvalue weighted by atomic mass is 16.4. The lowest BCUT2D eigenvalue weighted by Crippen LogP contribution is -2.55. The number of aliphatic carboxylic acids is 1. The monoisotopic (exact) mass is 443 g/mol. The molecular formula is C21H25N5O6. The van der Waals surface area contributed by atoms with Crippen LogP contribution in [0, 0.1) is 0 Å². The lowest BCUT2D eigenvalue weighted by Gasteiger charge is -2.22. The Hall–Kier alpha value is -3.89. The molecule has 1 aliphatic heterocycles. The summed E-state index contributed by atoms with van der Waals surface area (Å²) in [5.41, 5.74) is 6.71. The zero-order chi connectivity index (χ0) is 23.3. The minimum atomic E-state index is -1.26. The number of nitrogens with one attached hydrogen (secondary N) is 4. The fourth-order valence-corrected chi connectivity index (χ4v) is 3.63. The van der Waals surface area contributed by atoms with E-state index in [-0.39, 0.29) is 38.0 Å². The molecule has 1 aromatic carbocycles. The number of para-hydroxylation sites is 1. The van der Waals surface area contributed by atoms with Gasteiger partial charge in [0.1, 0.15) is 18.1 Å². The van der Waals surface area contributed by atoms with E-state index in [1.54, 1.807) is 6.20 Å². The number of carboxylic acid groups (broad SMARTS) is 1. The third-order valence-corrected chi connectivity index (χ3v) is 5.34. The molecule has 1 saturated heterocycles. The number of hydrogen-bond donors (Lipinski definition) is 6. The number of nitrogens with two attached hydrogens (primary N) is 1. The molecule has 3 atom stereocenters. The summed E-state index contributed by atoms with van der Waals surface area (Å²) in [6.07, 6.45) is 1.89. The molecule has 11 nitrogen and oxygen atoms in total. The predicted octanol–water partition coefficient (Wildman–Crippen LogP) is -0.691. The van der Waals surface area contributed by atoms with E-state index in [4.69, 9.17) is 5.73 Å². The quantitative estimate of drug-likeness (QED) is 0.282. The predicted molar refractivity (Wildman–Crippen MR) is 113 cm³/mol. The summed E-state index contributed by atoms with van der Waals surface area (Å²) in [4.78, 5) is 62.7. The molecule has 0 unspecified atom stereocenters. The Bertz CT molecular complexity index is 1050. The maximum Gasteiger partial charge on any atom is 0.326 e. The van der Waals surface area contributed by atoms with Crippen LogP contribution in [0.1, 0.15) is 31.2 Å². The van der Waals surface area contributed by atoms with Crippen molar-refractivity contribution in [2.45, 2.75) is 50.2 Å². The SMILES string of the molecule is NC(=O)CC[C@H](NC(=O)[C@@H]1CCC(=O)N1)C(=O)N[C@@H](Cc1c[nH]c2ccccc12)C(=O)O. The molecule has 2 heterocycles. The first-order chi connectivity index (χ1) is 15.2. The topological polar surface area (TPSA) is 183 Å². The number of carbonyl (C=O) groups excluding carboxylic acids is 4. The van der Waals surface area contributed by atoms with Crippen molar-refractivity contribution in [2.24, 2.45) is 5.73 Å². The first-order valence-electron chi connectivity index (χ1n) is 10.2. The zero-order valence-corrected chi connectivity index (χ0v) is 17.2. The van der Waals surface area contributed by atoms with Crippen LogP contribution >= 0.6 is 0 Å². The van der Waals surface area contributed by atoms with Gasteiger partial charge >= 0.3 is 5.97 Å². The normalized spacial score (nSPS) is 17.4. The molecule has 7 N–H and O–H groups in total. The third kappa shape index (κ3) is 5.62. The van der Waals surface area contributed by atoms with Crippen molar-refractivity contribution < 1.29 is 29.1 Å². The third-order valence-electron chi connectivity index (χ3n) is 5.34. The van der Waals surface area contributed by atoms with Crippen LogP contribution in [0.2, 0.25) is 0 Å². The number of rotatable bonds is 10. The molecule has 4 amide bonds. The highest BCUT2D eigenvalue weighted by Crippen LogP contribution is 2.19. The zero-order valence-electron chi connectivity index (χ0n) is 17.2. The van der Waals surface area contributed by atoms with E-state index < -0.39 is 41.8 Å². The molecule has 1 aromatic heterocycles. The smallest absolute Gasteiger partial charge is 0.326 e. The van der Waals surface area contributed by atoms with E-state index in [0.29, 0.717) is 5.56 Å². The number of amides is 4. The molecule has 0 aliphatic carbocycles. The van der Waals surface area contributed by atoms with Gasteiger partial charge in [-0.3, -0.25) is 19.2 Å². The average molecular weight is 443 g/mol. The molecular weight excluding hydrogens is 418 g/mol. The van der Waals surface area contributed by atoms with Gasteiger partial charge in [-0.2, -0.15) is 0 Å². The Balaban J connectivity index is 1.71. The number of fused-ring (bicyclic) bond motifs is 1. The van der Waals surface area contributed by atoms with Crippen LogP contribution in [-0.4, -0.2) is 57.8 Å². The lowest BCUT2D eigenvalue weighted by atomic mass is 10.0. The van der Waals surface area contributed by atoms with Gasteiger partial charge in [0.25, 0.3) is 0 Å². The lowest BCUT2D eigenvalue weighted by molar-refractivity contribution is -0.142. The van der Waals surface area contributed by atoms with Crippen molar-refractivity contribution in [2.75, 3.05) is 0 Å². The Morgan fingerprint density at radius 1 is 1.16 bits per heavy atom. The second-order valence-corrected chi connectivity index (χ2v) is 7.69. The highest BCUT2D eigenvalue weighted by Gasteiger charge is 2.32. The molecule has 11 heteroatoms. The Labute approximate surface area is 183 Å². The Morgan fingerprint density at radius 3 is 2.56 bits per heavy atom. The Morgan fingerprint density at radius 2 is 1.91 bits per heavy atom. The number of carbonyl (C=O) groups is 5. The number of aromatic nitrogens is 1. The molecule has 0 saturated carbocycles. The van der Waals surface area contributed by atoms with Crippen molar-refractivity contribution >= 4 is 40.5 Å². The summed E-state index contributed by atoms with van der Waals surface area (Å²) in [6, 6.07) is 4.13. The summed E-state index contributed by atoms with van der Waals surface area (Å²) in [7, 11) is 0. The number of carboxylic acids is 1. The summed E-state index contributed by atoms with van der Waals surface area (Å²) in [5, 5.41) is 17.9. The number of aromatic amines is 1. The molecule has 2 aromatic rings. The summed E-state index contributed by atoms with van der Waals surface area (Å²) in [6.45, 7) is 0. The number of primary amides is 1. The standard InChI is InChI=1S/C21H25N5O6/c22-17(27)7-5-15(25-19(29)14-6-8-18(28)24-14)20(30)26-16(21(31)32)9-11-10-23-13-4-2-1-3-12(11)13/h1-4,10,14-16,23H,5-9H2,(H2,22,27)(H,24,28)(H,25,29)(H,26,30)(H,31,32)/t14-,15-,16-/m0/s1. The second kappa shape index (κ2) is 9.94. The molecule has 0 radical (unpaired) electrons. The molecule has 1 fully saturated rings. The van der Waals surface area contributed by atoms with E-state index in [9.17, 15) is 29.1 Å². The maximum atomic E-state index is 12.8. The van der Waals surface area contributed by atoms with Gasteiger partial charge in [-0.1, -0.05) is 18.2 Å². The number of hydrogen-bond acceptors (Lipinski definition) is 5. The van der Waals surface area contributed by atoms with Crippen LogP contribution in [0.5, 0.6) is 0 Å².